The Morgan fingerprint density at radius 2 is 1.62 bits per heavy atom. The molecule has 2 rings (SSSR count). The zero-order valence-corrected chi connectivity index (χ0v) is 15.0. The molecule has 0 aliphatic carbocycles. The molecule has 0 saturated heterocycles. The maximum atomic E-state index is 12.3. The molecular formula is C18H23NO4S. The molecular weight excluding hydrogens is 326 g/mol. The number of methoxy groups -OCH3 is 1. The Bertz CT molecular complexity index is 755. The molecule has 0 aliphatic rings. The molecule has 0 atom stereocenters. The molecule has 1 N–H and O–H groups in total. The molecule has 0 bridgehead atoms. The molecule has 0 fully saturated rings. The van der Waals surface area contributed by atoms with E-state index in [1.165, 1.54) is 0 Å². The van der Waals surface area contributed by atoms with Crippen molar-refractivity contribution in [1.82, 2.24) is 0 Å². The van der Waals surface area contributed by atoms with Crippen LogP contribution in [0.5, 0.6) is 11.5 Å². The SMILES string of the molecule is COc1ccc(OCCS(=O)(=O)Nc2ccccc2C(C)C)cc1. The van der Waals surface area contributed by atoms with Crippen molar-refractivity contribution in [2.45, 2.75) is 19.8 Å². The third-order valence-electron chi connectivity index (χ3n) is 3.53. The van der Waals surface area contributed by atoms with Crippen LogP contribution >= 0.6 is 0 Å². The predicted octanol–water partition coefficient (Wildman–Crippen LogP) is 3.64. The van der Waals surface area contributed by atoms with Gasteiger partial charge in [0.2, 0.25) is 10.0 Å². The molecule has 0 aromatic heterocycles. The lowest BCUT2D eigenvalue weighted by atomic mass is 10.0. The number of rotatable bonds is 8. The van der Waals surface area contributed by atoms with Crippen LogP contribution in [-0.2, 0) is 10.0 Å². The van der Waals surface area contributed by atoms with E-state index in [2.05, 4.69) is 4.72 Å². The highest BCUT2D eigenvalue weighted by atomic mass is 32.2. The second-order valence-corrected chi connectivity index (χ2v) is 7.53. The van der Waals surface area contributed by atoms with Crippen molar-refractivity contribution < 1.29 is 17.9 Å². The summed E-state index contributed by atoms with van der Waals surface area (Å²) < 4.78 is 37.7. The number of hydrogen-bond donors (Lipinski definition) is 1. The standard InChI is InChI=1S/C18H23NO4S/c1-14(2)17-6-4-5-7-18(17)19-24(20,21)13-12-23-16-10-8-15(22-3)9-11-16/h4-11,14,19H,12-13H2,1-3H3. The second kappa shape index (κ2) is 8.06. The van der Waals surface area contributed by atoms with Gasteiger partial charge >= 0.3 is 0 Å². The van der Waals surface area contributed by atoms with Gasteiger partial charge in [0.05, 0.1) is 12.8 Å². The zero-order valence-electron chi connectivity index (χ0n) is 14.2. The third kappa shape index (κ3) is 5.16. The lowest BCUT2D eigenvalue weighted by molar-refractivity contribution is 0.340. The lowest BCUT2D eigenvalue weighted by Gasteiger charge is -2.15. The number of para-hydroxylation sites is 1. The molecule has 5 nitrogen and oxygen atoms in total. The molecule has 0 saturated carbocycles. The van der Waals surface area contributed by atoms with Crippen LogP contribution in [0.15, 0.2) is 48.5 Å². The fraction of sp³-hybridized carbons (Fsp3) is 0.333. The van der Waals surface area contributed by atoms with Gasteiger partial charge in [-0.2, -0.15) is 0 Å². The molecule has 0 aliphatic heterocycles. The molecule has 2 aromatic carbocycles. The van der Waals surface area contributed by atoms with Crippen molar-refractivity contribution in [3.63, 3.8) is 0 Å². The maximum Gasteiger partial charge on any atom is 0.236 e. The Labute approximate surface area is 143 Å². The van der Waals surface area contributed by atoms with E-state index < -0.39 is 10.0 Å². The molecule has 0 spiro atoms. The van der Waals surface area contributed by atoms with Crippen LogP contribution in [0.2, 0.25) is 0 Å². The second-order valence-electron chi connectivity index (χ2n) is 5.69. The summed E-state index contributed by atoms with van der Waals surface area (Å²) in [4.78, 5) is 0. The number of hydrogen-bond acceptors (Lipinski definition) is 4. The number of sulfonamides is 1. The van der Waals surface area contributed by atoms with E-state index in [4.69, 9.17) is 9.47 Å². The fourth-order valence-electron chi connectivity index (χ4n) is 2.25. The van der Waals surface area contributed by atoms with Crippen molar-refractivity contribution in [3.8, 4) is 11.5 Å². The van der Waals surface area contributed by atoms with Crippen LogP contribution in [0.1, 0.15) is 25.3 Å². The molecule has 6 heteroatoms. The average Bonchev–Trinajstić information content (AvgIpc) is 2.55. The molecule has 0 radical (unpaired) electrons. The van der Waals surface area contributed by atoms with E-state index in [1.54, 1.807) is 37.4 Å². The quantitative estimate of drug-likeness (QED) is 0.790. The van der Waals surface area contributed by atoms with E-state index in [1.807, 2.05) is 32.0 Å². The van der Waals surface area contributed by atoms with E-state index in [9.17, 15) is 8.42 Å². The van der Waals surface area contributed by atoms with Gasteiger partial charge in [0, 0.05) is 0 Å². The summed E-state index contributed by atoms with van der Waals surface area (Å²) in [6.45, 7) is 4.13. The monoisotopic (exact) mass is 349 g/mol. The summed E-state index contributed by atoms with van der Waals surface area (Å²) in [6.07, 6.45) is 0. The first-order valence-electron chi connectivity index (χ1n) is 7.77. The highest BCUT2D eigenvalue weighted by Crippen LogP contribution is 2.24. The van der Waals surface area contributed by atoms with Gasteiger partial charge in [0.25, 0.3) is 0 Å². The van der Waals surface area contributed by atoms with Gasteiger partial charge in [0.15, 0.2) is 0 Å². The minimum atomic E-state index is -3.47. The number of benzene rings is 2. The van der Waals surface area contributed by atoms with Crippen molar-refractivity contribution in [2.75, 3.05) is 24.2 Å². The normalized spacial score (nSPS) is 11.3. The van der Waals surface area contributed by atoms with Crippen molar-refractivity contribution >= 4 is 15.7 Å². The van der Waals surface area contributed by atoms with Gasteiger partial charge in [-0.3, -0.25) is 4.72 Å². The van der Waals surface area contributed by atoms with E-state index in [-0.39, 0.29) is 18.3 Å². The van der Waals surface area contributed by atoms with E-state index in [0.717, 1.165) is 11.3 Å². The Hall–Kier alpha value is -2.21. The number of anilines is 1. The van der Waals surface area contributed by atoms with Gasteiger partial charge in [-0.05, 0) is 41.8 Å². The maximum absolute atomic E-state index is 12.3. The summed E-state index contributed by atoms with van der Waals surface area (Å²) in [6, 6.07) is 14.4. The van der Waals surface area contributed by atoms with Gasteiger partial charge in [-0.1, -0.05) is 32.0 Å². The largest absolute Gasteiger partial charge is 0.497 e. The molecule has 2 aromatic rings. The summed E-state index contributed by atoms with van der Waals surface area (Å²) in [5, 5.41) is 0. The van der Waals surface area contributed by atoms with Crippen molar-refractivity contribution in [2.24, 2.45) is 0 Å². The van der Waals surface area contributed by atoms with Gasteiger partial charge in [-0.15, -0.1) is 0 Å². The van der Waals surface area contributed by atoms with Gasteiger partial charge < -0.3 is 9.47 Å². The first-order valence-corrected chi connectivity index (χ1v) is 9.43. The Balaban J connectivity index is 1.94. The summed E-state index contributed by atoms with van der Waals surface area (Å²) in [5.74, 6) is 1.45. The van der Waals surface area contributed by atoms with Crippen LogP contribution < -0.4 is 14.2 Å². The number of ether oxygens (including phenoxy) is 2. The van der Waals surface area contributed by atoms with Crippen LogP contribution in [0.4, 0.5) is 5.69 Å². The minimum Gasteiger partial charge on any atom is -0.497 e. The molecule has 0 heterocycles. The smallest absolute Gasteiger partial charge is 0.236 e. The van der Waals surface area contributed by atoms with Crippen LogP contribution in [0.3, 0.4) is 0 Å². The van der Waals surface area contributed by atoms with Gasteiger partial charge in [0.1, 0.15) is 23.9 Å². The highest BCUT2D eigenvalue weighted by molar-refractivity contribution is 7.92. The first-order chi connectivity index (χ1) is 11.4. The van der Waals surface area contributed by atoms with Crippen LogP contribution in [0.25, 0.3) is 0 Å². The molecule has 24 heavy (non-hydrogen) atoms. The van der Waals surface area contributed by atoms with Gasteiger partial charge in [-0.25, -0.2) is 8.42 Å². The summed E-state index contributed by atoms with van der Waals surface area (Å²) in [7, 11) is -1.89. The van der Waals surface area contributed by atoms with Crippen molar-refractivity contribution in [1.29, 1.82) is 0 Å². The van der Waals surface area contributed by atoms with Crippen LogP contribution in [0, 0.1) is 0 Å². The lowest BCUT2D eigenvalue weighted by Crippen LogP contribution is -2.22. The van der Waals surface area contributed by atoms with Crippen molar-refractivity contribution in [3.05, 3.63) is 54.1 Å². The Kier molecular flexibility index (Phi) is 6.09. The number of nitrogens with one attached hydrogen (secondary N) is 1. The molecule has 0 amide bonds. The molecule has 0 unspecified atom stereocenters. The summed E-state index contributed by atoms with van der Waals surface area (Å²) in [5.41, 5.74) is 1.59. The Morgan fingerprint density at radius 3 is 2.25 bits per heavy atom. The topological polar surface area (TPSA) is 64.6 Å². The predicted molar refractivity (Wildman–Crippen MR) is 96.4 cm³/mol. The fourth-order valence-corrected chi connectivity index (χ4v) is 3.18. The first kappa shape index (κ1) is 18.1. The third-order valence-corrected chi connectivity index (χ3v) is 4.76. The average molecular weight is 349 g/mol. The van der Waals surface area contributed by atoms with E-state index in [0.29, 0.717) is 11.4 Å². The Morgan fingerprint density at radius 1 is 1.00 bits per heavy atom. The van der Waals surface area contributed by atoms with Crippen LogP contribution in [-0.4, -0.2) is 27.9 Å². The highest BCUT2D eigenvalue weighted by Gasteiger charge is 2.14. The summed E-state index contributed by atoms with van der Waals surface area (Å²) >= 11 is 0. The minimum absolute atomic E-state index is 0.0749. The zero-order chi connectivity index (χ0) is 17.6. The van der Waals surface area contributed by atoms with E-state index >= 15 is 0 Å². The molecule has 130 valence electrons.